The summed E-state index contributed by atoms with van der Waals surface area (Å²) in [6, 6.07) is 28.3. The highest BCUT2D eigenvalue weighted by molar-refractivity contribution is 7.92. The van der Waals surface area contributed by atoms with Crippen molar-refractivity contribution in [3.05, 3.63) is 130 Å². The van der Waals surface area contributed by atoms with Crippen LogP contribution in [0.4, 0.5) is 5.69 Å². The second kappa shape index (κ2) is 14.6. The van der Waals surface area contributed by atoms with Gasteiger partial charge in [-0.1, -0.05) is 96.0 Å². The number of nitrogens with one attached hydrogen (secondary N) is 1. The molecule has 0 spiro atoms. The lowest BCUT2D eigenvalue weighted by molar-refractivity contribution is -0.140. The number of aryl methyl sites for hydroxylation is 1. The number of nitrogens with zero attached hydrogens (tertiary/aromatic N) is 2. The fourth-order valence-corrected chi connectivity index (χ4v) is 6.61. The molecule has 0 heterocycles. The van der Waals surface area contributed by atoms with Crippen LogP contribution in [0.3, 0.4) is 0 Å². The summed E-state index contributed by atoms with van der Waals surface area (Å²) in [6.45, 7) is 3.56. The lowest BCUT2D eigenvalue weighted by Crippen LogP contribution is -2.53. The average molecular weight is 639 g/mol. The highest BCUT2D eigenvalue weighted by Crippen LogP contribution is 2.33. The molecule has 0 aliphatic heterocycles. The summed E-state index contributed by atoms with van der Waals surface area (Å²) in [4.78, 5) is 29.4. The van der Waals surface area contributed by atoms with E-state index in [9.17, 15) is 18.0 Å². The number of carbonyl (C=O) groups excluding carboxylic acids is 2. The minimum Gasteiger partial charge on any atom is -0.355 e. The number of hydrogen-bond donors (Lipinski definition) is 1. The molecule has 0 aliphatic rings. The van der Waals surface area contributed by atoms with Crippen LogP contribution >= 0.6 is 23.2 Å². The van der Waals surface area contributed by atoms with Gasteiger partial charge in [0.05, 0.1) is 15.6 Å². The van der Waals surface area contributed by atoms with Gasteiger partial charge in [-0.15, -0.1) is 0 Å². The second-order valence-corrected chi connectivity index (χ2v) is 12.7. The first-order valence-corrected chi connectivity index (χ1v) is 16.0. The summed E-state index contributed by atoms with van der Waals surface area (Å²) in [7, 11) is -4.28. The quantitative estimate of drug-likeness (QED) is 0.198. The third kappa shape index (κ3) is 7.96. The Hall–Kier alpha value is -3.85. The van der Waals surface area contributed by atoms with Crippen molar-refractivity contribution in [3.8, 4) is 0 Å². The van der Waals surface area contributed by atoms with Gasteiger partial charge in [0, 0.05) is 24.5 Å². The van der Waals surface area contributed by atoms with Crippen molar-refractivity contribution in [1.82, 2.24) is 10.2 Å². The lowest BCUT2D eigenvalue weighted by Gasteiger charge is -2.34. The Labute approximate surface area is 263 Å². The Bertz CT molecular complexity index is 1670. The summed E-state index contributed by atoms with van der Waals surface area (Å²) in [6.07, 6.45) is 0.230. The van der Waals surface area contributed by atoms with Gasteiger partial charge in [-0.3, -0.25) is 13.9 Å². The molecule has 0 saturated heterocycles. The zero-order valence-corrected chi connectivity index (χ0v) is 26.2. The monoisotopic (exact) mass is 637 g/mol. The number of rotatable bonds is 12. The molecule has 4 aromatic carbocycles. The van der Waals surface area contributed by atoms with E-state index in [2.05, 4.69) is 5.32 Å². The average Bonchev–Trinajstić information content (AvgIpc) is 3.00. The fraction of sp³-hybridized carbons (Fsp3) is 0.212. The van der Waals surface area contributed by atoms with Crippen LogP contribution in [0.2, 0.25) is 10.0 Å². The summed E-state index contributed by atoms with van der Waals surface area (Å²) >= 11 is 12.8. The van der Waals surface area contributed by atoms with Crippen molar-refractivity contribution in [2.75, 3.05) is 17.4 Å². The molecule has 0 aromatic heterocycles. The number of amides is 2. The smallest absolute Gasteiger partial charge is 0.264 e. The minimum absolute atomic E-state index is 0.0196. The SMILES string of the molecule is CCNC(=O)[C@H](Cc1ccccc1)N(Cc1ccccc1C)C(=O)CN(c1cc(Cl)ccc1Cl)S(=O)(=O)c1ccccc1. The third-order valence-corrected chi connectivity index (χ3v) is 9.34. The van der Waals surface area contributed by atoms with E-state index >= 15 is 0 Å². The minimum atomic E-state index is -4.28. The van der Waals surface area contributed by atoms with Gasteiger partial charge in [0.25, 0.3) is 10.0 Å². The van der Waals surface area contributed by atoms with Gasteiger partial charge < -0.3 is 10.2 Å². The zero-order chi connectivity index (χ0) is 31.0. The van der Waals surface area contributed by atoms with Gasteiger partial charge in [0.2, 0.25) is 11.8 Å². The number of likely N-dealkylation sites (N-methyl/N-ethyl adjacent to an activating group) is 1. The van der Waals surface area contributed by atoms with E-state index in [1.807, 2.05) is 61.5 Å². The number of anilines is 1. The van der Waals surface area contributed by atoms with Crippen LogP contribution in [-0.2, 0) is 32.6 Å². The number of carbonyl (C=O) groups is 2. The van der Waals surface area contributed by atoms with Gasteiger partial charge in [0.1, 0.15) is 12.6 Å². The fourth-order valence-electron chi connectivity index (χ4n) is 4.73. The van der Waals surface area contributed by atoms with Crippen molar-refractivity contribution < 1.29 is 18.0 Å². The molecule has 0 radical (unpaired) electrons. The van der Waals surface area contributed by atoms with Gasteiger partial charge >= 0.3 is 0 Å². The van der Waals surface area contributed by atoms with Crippen LogP contribution < -0.4 is 9.62 Å². The van der Waals surface area contributed by atoms with Gasteiger partial charge in [0.15, 0.2) is 0 Å². The normalized spacial score (nSPS) is 11.9. The highest BCUT2D eigenvalue weighted by Gasteiger charge is 2.35. The molecular weight excluding hydrogens is 605 g/mol. The van der Waals surface area contributed by atoms with Crippen molar-refractivity contribution >= 4 is 50.7 Å². The maximum absolute atomic E-state index is 14.4. The second-order valence-electron chi connectivity index (χ2n) is 9.97. The molecule has 0 aliphatic carbocycles. The summed E-state index contributed by atoms with van der Waals surface area (Å²) in [5, 5.41) is 3.21. The van der Waals surface area contributed by atoms with Crippen LogP contribution in [0.5, 0.6) is 0 Å². The lowest BCUT2D eigenvalue weighted by atomic mass is 10.0. The molecule has 7 nitrogen and oxygen atoms in total. The number of benzene rings is 4. The molecule has 224 valence electrons. The largest absolute Gasteiger partial charge is 0.355 e. The topological polar surface area (TPSA) is 86.8 Å². The predicted molar refractivity (Wildman–Crippen MR) is 172 cm³/mol. The molecule has 0 saturated carbocycles. The van der Waals surface area contributed by atoms with Crippen LogP contribution in [0.25, 0.3) is 0 Å². The van der Waals surface area contributed by atoms with Gasteiger partial charge in [-0.25, -0.2) is 8.42 Å². The van der Waals surface area contributed by atoms with E-state index in [0.717, 1.165) is 21.0 Å². The Morgan fingerprint density at radius 3 is 2.14 bits per heavy atom. The number of hydrogen-bond acceptors (Lipinski definition) is 4. The molecule has 2 amide bonds. The standard InChI is InChI=1S/C33H33Cl2N3O4S/c1-3-36-33(40)31(20-25-13-6-4-7-14-25)37(22-26-15-11-10-12-24(26)2)32(39)23-38(30-21-27(34)18-19-29(30)35)43(41,42)28-16-8-5-9-17-28/h4-19,21,31H,3,20,22-23H2,1-2H3,(H,36,40)/t31-/m0/s1. The molecule has 0 unspecified atom stereocenters. The van der Waals surface area contributed by atoms with E-state index in [4.69, 9.17) is 23.2 Å². The Morgan fingerprint density at radius 2 is 1.49 bits per heavy atom. The van der Waals surface area contributed by atoms with Crippen molar-refractivity contribution in [3.63, 3.8) is 0 Å². The first-order valence-electron chi connectivity index (χ1n) is 13.8. The van der Waals surface area contributed by atoms with E-state index < -0.39 is 28.5 Å². The number of sulfonamides is 1. The Morgan fingerprint density at radius 1 is 0.860 bits per heavy atom. The molecule has 1 N–H and O–H groups in total. The van der Waals surface area contributed by atoms with E-state index in [1.165, 1.54) is 35.2 Å². The van der Waals surface area contributed by atoms with Crippen LogP contribution in [-0.4, -0.2) is 44.3 Å². The molecule has 4 rings (SSSR count). The van der Waals surface area contributed by atoms with Gasteiger partial charge in [-0.05, 0) is 60.9 Å². The van der Waals surface area contributed by atoms with Gasteiger partial charge in [-0.2, -0.15) is 0 Å². The van der Waals surface area contributed by atoms with Crippen molar-refractivity contribution in [2.45, 2.75) is 37.8 Å². The Kier molecular flexibility index (Phi) is 10.9. The first kappa shape index (κ1) is 32.1. The molecule has 1 atom stereocenters. The molecule has 43 heavy (non-hydrogen) atoms. The first-order chi connectivity index (χ1) is 20.6. The molecule has 10 heteroatoms. The third-order valence-electron chi connectivity index (χ3n) is 7.01. The summed E-state index contributed by atoms with van der Waals surface area (Å²) < 4.78 is 29.0. The Balaban J connectivity index is 1.83. The summed E-state index contributed by atoms with van der Waals surface area (Å²) in [5.41, 5.74) is 2.67. The predicted octanol–water partition coefficient (Wildman–Crippen LogP) is 6.27. The van der Waals surface area contributed by atoms with Crippen molar-refractivity contribution in [2.24, 2.45) is 0 Å². The maximum atomic E-state index is 14.4. The van der Waals surface area contributed by atoms with Crippen LogP contribution in [0.15, 0.2) is 108 Å². The highest BCUT2D eigenvalue weighted by atomic mass is 35.5. The van der Waals surface area contributed by atoms with E-state index in [0.29, 0.717) is 6.54 Å². The summed E-state index contributed by atoms with van der Waals surface area (Å²) in [5.74, 6) is -0.919. The maximum Gasteiger partial charge on any atom is 0.264 e. The molecule has 4 aromatic rings. The molecule has 0 bridgehead atoms. The van der Waals surface area contributed by atoms with Crippen LogP contribution in [0.1, 0.15) is 23.6 Å². The van der Waals surface area contributed by atoms with E-state index in [1.54, 1.807) is 25.1 Å². The molecule has 0 fully saturated rings. The van der Waals surface area contributed by atoms with E-state index in [-0.39, 0.29) is 39.5 Å². The van der Waals surface area contributed by atoms with Crippen LogP contribution in [0, 0.1) is 6.92 Å². The molecular formula is C33H33Cl2N3O4S. The van der Waals surface area contributed by atoms with Crippen molar-refractivity contribution in [1.29, 1.82) is 0 Å². The zero-order valence-electron chi connectivity index (χ0n) is 23.9. The number of halogens is 2.